The largest absolute Gasteiger partial charge is 0.493 e. The van der Waals surface area contributed by atoms with E-state index >= 15 is 0 Å². The Morgan fingerprint density at radius 3 is 2.36 bits per heavy atom. The molecule has 0 fully saturated rings. The molecular weight excluding hydrogens is 507 g/mol. The maximum absolute atomic E-state index is 13.8. The van der Waals surface area contributed by atoms with E-state index in [0.717, 1.165) is 11.1 Å². The molecule has 9 heteroatoms. The van der Waals surface area contributed by atoms with Crippen LogP contribution in [0.1, 0.15) is 50.7 Å². The standard InChI is InChI=1S/C30H41FO8/c1-6-38-28(34)18-24(33)17-23(32)11-12-25-26(20(2)3)19-27(36-5)30(39-16-15-37-14-13-35-4)29(25)21-7-9-22(31)10-8-21/h7-12,19-20,23-24,32-33H,6,13-18H2,1-5H3/b12-11+. The molecule has 216 valence electrons. The quantitative estimate of drug-likeness (QED) is 0.216. The van der Waals surface area contributed by atoms with E-state index in [4.69, 9.17) is 23.7 Å². The predicted molar refractivity (Wildman–Crippen MR) is 148 cm³/mol. The van der Waals surface area contributed by atoms with Crippen LogP contribution in [0.15, 0.2) is 36.4 Å². The molecule has 39 heavy (non-hydrogen) atoms. The van der Waals surface area contributed by atoms with E-state index in [9.17, 15) is 19.4 Å². The van der Waals surface area contributed by atoms with Gasteiger partial charge in [-0.05, 0) is 47.7 Å². The Labute approximate surface area is 230 Å². The van der Waals surface area contributed by atoms with Gasteiger partial charge in [-0.15, -0.1) is 0 Å². The van der Waals surface area contributed by atoms with E-state index < -0.39 is 18.2 Å². The number of hydrogen-bond acceptors (Lipinski definition) is 8. The number of carbonyl (C=O) groups excluding carboxylic acids is 1. The van der Waals surface area contributed by atoms with Crippen molar-refractivity contribution in [1.82, 2.24) is 0 Å². The fourth-order valence-electron chi connectivity index (χ4n) is 4.04. The average molecular weight is 549 g/mol. The van der Waals surface area contributed by atoms with Crippen molar-refractivity contribution < 1.29 is 43.1 Å². The van der Waals surface area contributed by atoms with Crippen molar-refractivity contribution in [3.63, 3.8) is 0 Å². The zero-order valence-electron chi connectivity index (χ0n) is 23.4. The van der Waals surface area contributed by atoms with Crippen molar-refractivity contribution >= 4 is 12.0 Å². The highest BCUT2D eigenvalue weighted by molar-refractivity contribution is 5.85. The van der Waals surface area contributed by atoms with Gasteiger partial charge in [-0.2, -0.15) is 0 Å². The molecule has 0 heterocycles. The van der Waals surface area contributed by atoms with Crippen LogP contribution in [0.5, 0.6) is 11.5 Å². The summed E-state index contributed by atoms with van der Waals surface area (Å²) < 4.78 is 41.1. The first-order valence-electron chi connectivity index (χ1n) is 13.1. The van der Waals surface area contributed by atoms with Gasteiger partial charge in [-0.3, -0.25) is 4.79 Å². The lowest BCUT2D eigenvalue weighted by Gasteiger charge is -2.23. The van der Waals surface area contributed by atoms with Crippen molar-refractivity contribution in [2.75, 3.05) is 47.3 Å². The molecule has 0 aliphatic heterocycles. The normalized spacial score (nSPS) is 13.1. The highest BCUT2D eigenvalue weighted by Gasteiger charge is 2.23. The van der Waals surface area contributed by atoms with Crippen LogP contribution in [0, 0.1) is 5.82 Å². The van der Waals surface area contributed by atoms with Gasteiger partial charge in [-0.1, -0.05) is 38.1 Å². The Balaban J connectivity index is 2.48. The van der Waals surface area contributed by atoms with Crippen LogP contribution in [0.2, 0.25) is 0 Å². The molecule has 0 bridgehead atoms. The van der Waals surface area contributed by atoms with Crippen LogP contribution in [0.3, 0.4) is 0 Å². The summed E-state index contributed by atoms with van der Waals surface area (Å²) in [5.74, 6) is 0.140. The Kier molecular flexibility index (Phi) is 13.9. The molecule has 2 N–H and O–H groups in total. The molecule has 2 aromatic rings. The molecule has 2 aromatic carbocycles. The summed E-state index contributed by atoms with van der Waals surface area (Å²) in [4.78, 5) is 11.7. The van der Waals surface area contributed by atoms with E-state index in [1.807, 2.05) is 19.9 Å². The molecule has 0 aliphatic rings. The SMILES string of the molecule is CCOC(=O)CC(O)CC(O)/C=C/c1c(C(C)C)cc(OC)c(OCCOCCOC)c1-c1ccc(F)cc1. The molecule has 8 nitrogen and oxygen atoms in total. The van der Waals surface area contributed by atoms with Crippen molar-refractivity contribution in [1.29, 1.82) is 0 Å². The number of rotatable bonds is 17. The third kappa shape index (κ3) is 10.3. The van der Waals surface area contributed by atoms with Crippen LogP contribution < -0.4 is 9.47 Å². The monoisotopic (exact) mass is 548 g/mol. The van der Waals surface area contributed by atoms with Crippen LogP contribution in [-0.2, 0) is 19.0 Å². The highest BCUT2D eigenvalue weighted by atomic mass is 19.1. The summed E-state index contributed by atoms with van der Waals surface area (Å²) in [5, 5.41) is 20.8. The van der Waals surface area contributed by atoms with Gasteiger partial charge in [-0.25, -0.2) is 4.39 Å². The molecule has 0 saturated heterocycles. The van der Waals surface area contributed by atoms with E-state index in [1.165, 1.54) is 12.1 Å². The van der Waals surface area contributed by atoms with Crippen LogP contribution >= 0.6 is 0 Å². The summed E-state index contributed by atoms with van der Waals surface area (Å²) in [7, 11) is 3.16. The maximum Gasteiger partial charge on any atom is 0.308 e. The maximum atomic E-state index is 13.8. The molecule has 0 aliphatic carbocycles. The van der Waals surface area contributed by atoms with Crippen molar-refractivity contribution in [2.45, 2.75) is 51.7 Å². The van der Waals surface area contributed by atoms with Crippen LogP contribution in [0.25, 0.3) is 17.2 Å². The van der Waals surface area contributed by atoms with Gasteiger partial charge in [0.25, 0.3) is 0 Å². The minimum Gasteiger partial charge on any atom is -0.493 e. The second kappa shape index (κ2) is 16.9. The Bertz CT molecular complexity index is 1050. The number of esters is 1. The Morgan fingerprint density at radius 2 is 1.74 bits per heavy atom. The third-order valence-corrected chi connectivity index (χ3v) is 5.90. The molecule has 0 radical (unpaired) electrons. The van der Waals surface area contributed by atoms with Crippen LogP contribution in [-0.4, -0.2) is 75.6 Å². The van der Waals surface area contributed by atoms with Gasteiger partial charge in [0.15, 0.2) is 11.5 Å². The fraction of sp³-hybridized carbons (Fsp3) is 0.500. The first-order chi connectivity index (χ1) is 18.7. The number of methoxy groups -OCH3 is 2. The lowest BCUT2D eigenvalue weighted by atomic mass is 9.88. The van der Waals surface area contributed by atoms with Gasteiger partial charge in [0.2, 0.25) is 0 Å². The number of aliphatic hydroxyl groups excluding tert-OH is 2. The molecule has 2 atom stereocenters. The summed E-state index contributed by atoms with van der Waals surface area (Å²) in [6, 6.07) is 7.95. The highest BCUT2D eigenvalue weighted by Crippen LogP contribution is 2.45. The second-order valence-corrected chi connectivity index (χ2v) is 9.23. The minimum atomic E-state index is -1.06. The average Bonchev–Trinajstić information content (AvgIpc) is 2.89. The number of carbonyl (C=O) groups is 1. The molecule has 0 saturated carbocycles. The molecule has 0 amide bonds. The third-order valence-electron chi connectivity index (χ3n) is 5.90. The number of hydrogen-bond donors (Lipinski definition) is 2. The summed E-state index contributed by atoms with van der Waals surface area (Å²) in [6.07, 6.45) is 0.985. The van der Waals surface area contributed by atoms with Crippen molar-refractivity contribution in [3.05, 3.63) is 53.4 Å². The fourth-order valence-corrected chi connectivity index (χ4v) is 4.04. The van der Waals surface area contributed by atoms with E-state index in [0.29, 0.717) is 42.4 Å². The molecule has 2 unspecified atom stereocenters. The summed E-state index contributed by atoms with van der Waals surface area (Å²) in [5.41, 5.74) is 3.05. The first kappa shape index (κ1) is 32.2. The lowest BCUT2D eigenvalue weighted by Crippen LogP contribution is -2.20. The summed E-state index contributed by atoms with van der Waals surface area (Å²) >= 11 is 0. The predicted octanol–water partition coefficient (Wildman–Crippen LogP) is 4.74. The minimum absolute atomic E-state index is 0.0451. The van der Waals surface area contributed by atoms with Crippen molar-refractivity contribution in [2.24, 2.45) is 0 Å². The first-order valence-corrected chi connectivity index (χ1v) is 13.1. The number of ether oxygens (including phenoxy) is 5. The topological polar surface area (TPSA) is 104 Å². The van der Waals surface area contributed by atoms with Gasteiger partial charge in [0.1, 0.15) is 12.4 Å². The number of benzene rings is 2. The molecule has 0 aromatic heterocycles. The van der Waals surface area contributed by atoms with Gasteiger partial charge in [0, 0.05) is 19.1 Å². The Hall–Kier alpha value is -2.98. The van der Waals surface area contributed by atoms with Gasteiger partial charge in [0.05, 0.1) is 52.2 Å². The van der Waals surface area contributed by atoms with E-state index in [-0.39, 0.29) is 37.8 Å². The zero-order chi connectivity index (χ0) is 28.8. The van der Waals surface area contributed by atoms with Crippen molar-refractivity contribution in [3.8, 4) is 22.6 Å². The van der Waals surface area contributed by atoms with Gasteiger partial charge >= 0.3 is 5.97 Å². The number of halogens is 1. The smallest absolute Gasteiger partial charge is 0.308 e. The summed E-state index contributed by atoms with van der Waals surface area (Å²) in [6.45, 7) is 7.44. The van der Waals surface area contributed by atoms with E-state index in [1.54, 1.807) is 45.4 Å². The van der Waals surface area contributed by atoms with E-state index in [2.05, 4.69) is 0 Å². The van der Waals surface area contributed by atoms with Gasteiger partial charge < -0.3 is 33.9 Å². The zero-order valence-corrected chi connectivity index (χ0v) is 23.4. The number of aliphatic hydroxyl groups is 2. The molecular formula is C30H41FO8. The second-order valence-electron chi connectivity index (χ2n) is 9.23. The lowest BCUT2D eigenvalue weighted by molar-refractivity contribution is -0.145. The Morgan fingerprint density at radius 1 is 1.05 bits per heavy atom. The molecule has 2 rings (SSSR count). The van der Waals surface area contributed by atoms with Crippen LogP contribution in [0.4, 0.5) is 4.39 Å². The molecule has 0 spiro atoms.